The number of alkyl halides is 1. The normalized spacial score (nSPS) is 21.8. The summed E-state index contributed by atoms with van der Waals surface area (Å²) in [6, 6.07) is 5.99. The van der Waals surface area contributed by atoms with E-state index in [0.717, 1.165) is 49.3 Å². The predicted molar refractivity (Wildman–Crippen MR) is 138 cm³/mol. The number of rotatable bonds is 14. The van der Waals surface area contributed by atoms with Crippen LogP contribution in [0.15, 0.2) is 49.2 Å². The Balaban J connectivity index is 1.03. The highest BCUT2D eigenvalue weighted by Crippen LogP contribution is 2.69. The Morgan fingerprint density at radius 3 is 2.76 bits per heavy atom. The topological polar surface area (TPSA) is 101 Å². The van der Waals surface area contributed by atoms with Gasteiger partial charge in [0.15, 0.2) is 0 Å². The average Bonchev–Trinajstić information content (AvgIpc) is 3.51. The predicted octanol–water partition coefficient (Wildman–Crippen LogP) is 3.06. The number of halogens is 1. The fourth-order valence-corrected chi connectivity index (χ4v) is 5.57. The van der Waals surface area contributed by atoms with Gasteiger partial charge in [0.05, 0.1) is 44.5 Å². The Labute approximate surface area is 220 Å². The van der Waals surface area contributed by atoms with Crippen molar-refractivity contribution < 1.29 is 18.6 Å². The lowest BCUT2D eigenvalue weighted by Gasteiger charge is -2.66. The Kier molecular flexibility index (Phi) is 6.81. The molecule has 0 spiro atoms. The number of aromatic nitrogens is 6. The van der Waals surface area contributed by atoms with Gasteiger partial charge in [0.1, 0.15) is 29.4 Å². The van der Waals surface area contributed by atoms with Gasteiger partial charge >= 0.3 is 0 Å². The molecule has 0 unspecified atom stereocenters. The first-order valence-electron chi connectivity index (χ1n) is 12.9. The monoisotopic (exact) mass is 521 g/mol. The number of nitrogens with zero attached hydrogens (tertiary/aromatic N) is 6. The maximum Gasteiger partial charge on any atom is 0.138 e. The average molecular weight is 522 g/mol. The van der Waals surface area contributed by atoms with Crippen molar-refractivity contribution in [1.29, 1.82) is 0 Å². The van der Waals surface area contributed by atoms with Gasteiger partial charge < -0.3 is 23.9 Å². The summed E-state index contributed by atoms with van der Waals surface area (Å²) in [4.78, 5) is 8.99. The smallest absolute Gasteiger partial charge is 0.138 e. The van der Waals surface area contributed by atoms with Crippen LogP contribution in [0.4, 0.5) is 4.39 Å². The molecule has 7 rings (SSSR count). The highest BCUT2D eigenvalue weighted by molar-refractivity contribution is 5.58. The van der Waals surface area contributed by atoms with Crippen LogP contribution >= 0.6 is 0 Å². The highest BCUT2D eigenvalue weighted by Gasteiger charge is 2.68. The van der Waals surface area contributed by atoms with E-state index in [9.17, 15) is 4.39 Å². The first kappa shape index (κ1) is 24.9. The second kappa shape index (κ2) is 10.4. The van der Waals surface area contributed by atoms with E-state index in [4.69, 9.17) is 19.2 Å². The molecule has 200 valence electrons. The number of hydrogen-bond donors (Lipinski definition) is 1. The molecule has 2 bridgehead atoms. The molecule has 0 aromatic carbocycles. The molecular formula is C27H32FN7O3. The Morgan fingerprint density at radius 1 is 1.05 bits per heavy atom. The van der Waals surface area contributed by atoms with Gasteiger partial charge in [-0.3, -0.25) is 4.98 Å². The van der Waals surface area contributed by atoms with E-state index in [-0.39, 0.29) is 5.41 Å². The second-order valence-electron chi connectivity index (χ2n) is 10.5. The first-order chi connectivity index (χ1) is 18.5. The highest BCUT2D eigenvalue weighted by atomic mass is 19.1. The molecular weight excluding hydrogens is 489 g/mol. The van der Waals surface area contributed by atoms with Crippen molar-refractivity contribution in [3.8, 4) is 17.0 Å². The summed E-state index contributed by atoms with van der Waals surface area (Å²) in [6.07, 6.45) is 11.5. The van der Waals surface area contributed by atoms with Gasteiger partial charge in [0, 0.05) is 44.4 Å². The van der Waals surface area contributed by atoms with Crippen LogP contribution in [0.1, 0.15) is 30.5 Å². The number of fused-ring (bicyclic) bond motifs is 1. The van der Waals surface area contributed by atoms with Crippen LogP contribution in [0, 0.1) is 5.41 Å². The van der Waals surface area contributed by atoms with Crippen LogP contribution in [0.5, 0.6) is 5.75 Å². The van der Waals surface area contributed by atoms with Crippen LogP contribution in [0.3, 0.4) is 0 Å². The van der Waals surface area contributed by atoms with Crippen LogP contribution in [0.2, 0.25) is 0 Å². The van der Waals surface area contributed by atoms with Crippen molar-refractivity contribution in [2.45, 2.75) is 38.0 Å². The van der Waals surface area contributed by atoms with Crippen molar-refractivity contribution in [3.05, 3.63) is 60.4 Å². The third-order valence-corrected chi connectivity index (χ3v) is 7.27. The Morgan fingerprint density at radius 2 is 1.92 bits per heavy atom. The van der Waals surface area contributed by atoms with Gasteiger partial charge in [-0.05, 0) is 42.4 Å². The van der Waals surface area contributed by atoms with Gasteiger partial charge in [-0.1, -0.05) is 11.3 Å². The summed E-state index contributed by atoms with van der Waals surface area (Å²) < 4.78 is 33.6. The van der Waals surface area contributed by atoms with Gasteiger partial charge in [-0.25, -0.2) is 14.1 Å². The summed E-state index contributed by atoms with van der Waals surface area (Å²) in [5.74, 6) is 0.647. The molecule has 3 aliphatic rings. The maximum absolute atomic E-state index is 13.7. The molecule has 0 aliphatic heterocycles. The molecule has 0 saturated heterocycles. The maximum atomic E-state index is 13.7. The number of methoxy groups -OCH3 is 1. The summed E-state index contributed by atoms with van der Waals surface area (Å²) in [7, 11) is 1.64. The summed E-state index contributed by atoms with van der Waals surface area (Å²) in [5, 5.41) is 12.1. The number of imidazole rings is 1. The van der Waals surface area contributed by atoms with Gasteiger partial charge in [-0.15, -0.1) is 5.10 Å². The second-order valence-corrected chi connectivity index (χ2v) is 10.5. The molecule has 11 heteroatoms. The van der Waals surface area contributed by atoms with E-state index in [2.05, 4.69) is 32.9 Å². The van der Waals surface area contributed by atoms with E-state index >= 15 is 0 Å². The van der Waals surface area contributed by atoms with E-state index in [0.29, 0.717) is 44.4 Å². The van der Waals surface area contributed by atoms with Crippen LogP contribution in [0.25, 0.3) is 16.9 Å². The van der Waals surface area contributed by atoms with Crippen LogP contribution in [-0.4, -0.2) is 75.1 Å². The minimum atomic E-state index is -0.839. The first-order valence-corrected chi connectivity index (χ1v) is 12.9. The van der Waals surface area contributed by atoms with Gasteiger partial charge in [0.2, 0.25) is 0 Å². The molecule has 4 aromatic rings. The minimum Gasteiger partial charge on any atom is -0.490 e. The fraction of sp³-hybridized carbons (Fsp3) is 0.481. The molecule has 0 radical (unpaired) electrons. The van der Waals surface area contributed by atoms with Crippen molar-refractivity contribution in [1.82, 2.24) is 34.7 Å². The minimum absolute atomic E-state index is 0.209. The standard InChI is InChI=1S/C27H32FN7O3/c1-36-4-5-37-6-7-38-23-8-21(10-29-11-23)24-15-35(33-32-24)14-22-13-34-12-20(2-3-25(34)31-22)9-30-19-26-16-27(28,17-26)18-26/h2-3,8,10-13,15,30H,4-7,9,14,16-19H2,1H3. The molecule has 10 nitrogen and oxygen atoms in total. The van der Waals surface area contributed by atoms with Gasteiger partial charge in [-0.2, -0.15) is 0 Å². The molecule has 1 N–H and O–H groups in total. The lowest BCUT2D eigenvalue weighted by atomic mass is 9.42. The Bertz CT molecular complexity index is 1380. The van der Waals surface area contributed by atoms with E-state index < -0.39 is 5.67 Å². The number of pyridine rings is 2. The lowest BCUT2D eigenvalue weighted by molar-refractivity contribution is -0.209. The van der Waals surface area contributed by atoms with E-state index in [1.54, 1.807) is 24.2 Å². The summed E-state index contributed by atoms with van der Waals surface area (Å²) in [6.45, 7) is 4.14. The molecule has 4 aromatic heterocycles. The Hall–Kier alpha value is -3.41. The third kappa shape index (κ3) is 5.40. The van der Waals surface area contributed by atoms with E-state index in [1.165, 1.54) is 5.56 Å². The molecule has 0 amide bonds. The zero-order chi connectivity index (χ0) is 26.0. The lowest BCUT2D eigenvalue weighted by Crippen LogP contribution is -2.67. The summed E-state index contributed by atoms with van der Waals surface area (Å²) >= 11 is 0. The van der Waals surface area contributed by atoms with Gasteiger partial charge in [0.25, 0.3) is 0 Å². The molecule has 38 heavy (non-hydrogen) atoms. The quantitative estimate of drug-likeness (QED) is 0.253. The number of ether oxygens (including phenoxy) is 3. The molecule has 4 heterocycles. The fourth-order valence-electron chi connectivity index (χ4n) is 5.57. The zero-order valence-electron chi connectivity index (χ0n) is 21.5. The van der Waals surface area contributed by atoms with Crippen LogP contribution < -0.4 is 10.1 Å². The van der Waals surface area contributed by atoms with Crippen molar-refractivity contribution in [2.24, 2.45) is 5.41 Å². The largest absolute Gasteiger partial charge is 0.490 e. The van der Waals surface area contributed by atoms with Crippen molar-refractivity contribution >= 4 is 5.65 Å². The molecule has 3 saturated carbocycles. The zero-order valence-corrected chi connectivity index (χ0v) is 21.5. The third-order valence-electron chi connectivity index (χ3n) is 7.27. The number of nitrogens with one attached hydrogen (secondary N) is 1. The van der Waals surface area contributed by atoms with Crippen LogP contribution in [-0.2, 0) is 22.6 Å². The van der Waals surface area contributed by atoms with Crippen molar-refractivity contribution in [3.63, 3.8) is 0 Å². The molecule has 3 aliphatic carbocycles. The SMILES string of the molecule is COCCOCCOc1cncc(-c2cn(Cc3cn4cc(CNCC56CC(F)(C5)C6)ccc4n3)nn2)c1. The number of hydrogen-bond acceptors (Lipinski definition) is 8. The van der Waals surface area contributed by atoms with Crippen molar-refractivity contribution in [2.75, 3.05) is 40.1 Å². The summed E-state index contributed by atoms with van der Waals surface area (Å²) in [5.41, 5.74) is 3.83. The van der Waals surface area contributed by atoms with E-state index in [1.807, 2.05) is 28.9 Å². The molecule has 0 atom stereocenters. The molecule has 3 fully saturated rings.